The third-order valence-corrected chi connectivity index (χ3v) is 3.87. The SMILES string of the molecule is Cc1c(Br)cccc1C(=O)NCC1CNCCO1. The van der Waals surface area contributed by atoms with Gasteiger partial charge in [0.2, 0.25) is 0 Å². The molecule has 18 heavy (non-hydrogen) atoms. The van der Waals surface area contributed by atoms with Gasteiger partial charge in [-0.05, 0) is 24.6 Å². The second-order valence-electron chi connectivity index (χ2n) is 4.32. The van der Waals surface area contributed by atoms with Crippen LogP contribution in [0.3, 0.4) is 0 Å². The lowest BCUT2D eigenvalue weighted by molar-refractivity contribution is 0.0287. The molecule has 1 aliphatic heterocycles. The Balaban J connectivity index is 1.93. The average molecular weight is 313 g/mol. The maximum atomic E-state index is 12.1. The Kier molecular flexibility index (Phi) is 4.74. The summed E-state index contributed by atoms with van der Waals surface area (Å²) in [4.78, 5) is 12.1. The highest BCUT2D eigenvalue weighted by Crippen LogP contribution is 2.19. The van der Waals surface area contributed by atoms with Gasteiger partial charge in [-0.1, -0.05) is 22.0 Å². The predicted molar refractivity (Wildman–Crippen MR) is 73.8 cm³/mol. The van der Waals surface area contributed by atoms with E-state index in [9.17, 15) is 4.79 Å². The minimum atomic E-state index is -0.0528. The Labute approximate surface area is 115 Å². The molecule has 1 aromatic rings. The number of benzene rings is 1. The van der Waals surface area contributed by atoms with Gasteiger partial charge in [-0.25, -0.2) is 0 Å². The van der Waals surface area contributed by atoms with Crippen LogP contribution in [0.4, 0.5) is 0 Å². The van der Waals surface area contributed by atoms with Gasteiger partial charge in [-0.15, -0.1) is 0 Å². The smallest absolute Gasteiger partial charge is 0.251 e. The summed E-state index contributed by atoms with van der Waals surface area (Å²) in [6.07, 6.45) is 0.0650. The lowest BCUT2D eigenvalue weighted by Crippen LogP contribution is -2.45. The summed E-state index contributed by atoms with van der Waals surface area (Å²) < 4.78 is 6.48. The summed E-state index contributed by atoms with van der Waals surface area (Å²) in [5.74, 6) is -0.0528. The number of halogens is 1. The van der Waals surface area contributed by atoms with E-state index in [-0.39, 0.29) is 12.0 Å². The third kappa shape index (κ3) is 3.31. The highest BCUT2D eigenvalue weighted by atomic mass is 79.9. The number of ether oxygens (including phenoxy) is 1. The molecule has 2 N–H and O–H groups in total. The van der Waals surface area contributed by atoms with E-state index in [1.54, 1.807) is 0 Å². The average Bonchev–Trinajstić information content (AvgIpc) is 2.40. The molecule has 1 aromatic carbocycles. The molecule has 1 fully saturated rings. The van der Waals surface area contributed by atoms with Crippen molar-refractivity contribution in [1.29, 1.82) is 0 Å². The Morgan fingerprint density at radius 1 is 1.61 bits per heavy atom. The minimum absolute atomic E-state index is 0.0528. The number of carbonyl (C=O) groups excluding carboxylic acids is 1. The molecule has 1 unspecified atom stereocenters. The lowest BCUT2D eigenvalue weighted by atomic mass is 10.1. The van der Waals surface area contributed by atoms with Crippen molar-refractivity contribution in [2.45, 2.75) is 13.0 Å². The Bertz CT molecular complexity index is 431. The maximum Gasteiger partial charge on any atom is 0.251 e. The molecule has 1 aliphatic rings. The van der Waals surface area contributed by atoms with E-state index in [0.29, 0.717) is 18.7 Å². The van der Waals surface area contributed by atoms with E-state index < -0.39 is 0 Å². The van der Waals surface area contributed by atoms with Crippen LogP contribution in [0.15, 0.2) is 22.7 Å². The molecule has 98 valence electrons. The van der Waals surface area contributed by atoms with Crippen molar-refractivity contribution < 1.29 is 9.53 Å². The highest BCUT2D eigenvalue weighted by Gasteiger charge is 2.16. The number of hydrogen-bond donors (Lipinski definition) is 2. The van der Waals surface area contributed by atoms with Gasteiger partial charge in [0.1, 0.15) is 0 Å². The van der Waals surface area contributed by atoms with Crippen LogP contribution in [0.5, 0.6) is 0 Å². The predicted octanol–water partition coefficient (Wildman–Crippen LogP) is 1.48. The van der Waals surface area contributed by atoms with Crippen molar-refractivity contribution in [2.24, 2.45) is 0 Å². The number of rotatable bonds is 3. The van der Waals surface area contributed by atoms with Crippen molar-refractivity contribution in [3.8, 4) is 0 Å². The monoisotopic (exact) mass is 312 g/mol. The first kappa shape index (κ1) is 13.5. The van der Waals surface area contributed by atoms with Crippen LogP contribution >= 0.6 is 15.9 Å². The molecule has 2 rings (SSSR count). The molecule has 5 heteroatoms. The number of morpholine rings is 1. The van der Waals surface area contributed by atoms with Crippen LogP contribution in [0.2, 0.25) is 0 Å². The van der Waals surface area contributed by atoms with E-state index in [1.807, 2.05) is 25.1 Å². The molecule has 0 aliphatic carbocycles. The van der Waals surface area contributed by atoms with Crippen molar-refractivity contribution in [2.75, 3.05) is 26.2 Å². The van der Waals surface area contributed by atoms with E-state index >= 15 is 0 Å². The van der Waals surface area contributed by atoms with Crippen molar-refractivity contribution in [3.63, 3.8) is 0 Å². The molecule has 1 amide bonds. The first-order valence-electron chi connectivity index (χ1n) is 6.04. The lowest BCUT2D eigenvalue weighted by Gasteiger charge is -2.23. The zero-order valence-corrected chi connectivity index (χ0v) is 11.9. The fourth-order valence-corrected chi connectivity index (χ4v) is 2.27. The maximum absolute atomic E-state index is 12.1. The van der Waals surface area contributed by atoms with Crippen molar-refractivity contribution >= 4 is 21.8 Å². The standard InChI is InChI=1S/C13H17BrN2O2/c1-9-11(3-2-4-12(9)14)13(17)16-8-10-7-15-5-6-18-10/h2-4,10,15H,5-8H2,1H3,(H,16,17). The molecule has 0 saturated carbocycles. The molecule has 1 atom stereocenters. The first-order chi connectivity index (χ1) is 8.68. The fraction of sp³-hybridized carbons (Fsp3) is 0.462. The van der Waals surface area contributed by atoms with Crippen LogP contribution in [0.25, 0.3) is 0 Å². The van der Waals surface area contributed by atoms with Gasteiger partial charge in [0.15, 0.2) is 0 Å². The summed E-state index contributed by atoms with van der Waals surface area (Å²) >= 11 is 3.43. The van der Waals surface area contributed by atoms with Gasteiger partial charge in [0.25, 0.3) is 5.91 Å². The van der Waals surface area contributed by atoms with Gasteiger partial charge >= 0.3 is 0 Å². The van der Waals surface area contributed by atoms with Crippen molar-refractivity contribution in [1.82, 2.24) is 10.6 Å². The van der Waals surface area contributed by atoms with Gasteiger partial charge in [-0.3, -0.25) is 4.79 Å². The number of carbonyl (C=O) groups is 1. The highest BCUT2D eigenvalue weighted by molar-refractivity contribution is 9.10. The molecular formula is C13H17BrN2O2. The van der Waals surface area contributed by atoms with Crippen molar-refractivity contribution in [3.05, 3.63) is 33.8 Å². The first-order valence-corrected chi connectivity index (χ1v) is 6.83. The largest absolute Gasteiger partial charge is 0.374 e. The molecule has 4 nitrogen and oxygen atoms in total. The Morgan fingerprint density at radius 2 is 2.44 bits per heavy atom. The molecule has 0 bridgehead atoms. The van der Waals surface area contributed by atoms with E-state index in [4.69, 9.17) is 4.74 Å². The molecule has 1 heterocycles. The molecule has 0 radical (unpaired) electrons. The summed E-state index contributed by atoms with van der Waals surface area (Å²) in [6.45, 7) is 4.85. The number of nitrogens with one attached hydrogen (secondary N) is 2. The second-order valence-corrected chi connectivity index (χ2v) is 5.17. The van der Waals surface area contributed by atoms with Gasteiger partial charge in [-0.2, -0.15) is 0 Å². The second kappa shape index (κ2) is 6.31. The number of hydrogen-bond acceptors (Lipinski definition) is 3. The summed E-state index contributed by atoms with van der Waals surface area (Å²) in [5.41, 5.74) is 1.66. The summed E-state index contributed by atoms with van der Waals surface area (Å²) in [5, 5.41) is 6.15. The van der Waals surface area contributed by atoms with Crippen LogP contribution in [-0.2, 0) is 4.74 Å². The molecule has 1 saturated heterocycles. The summed E-state index contributed by atoms with van der Waals surface area (Å²) in [7, 11) is 0. The van der Waals surface area contributed by atoms with Gasteiger partial charge in [0.05, 0.1) is 12.7 Å². The van der Waals surface area contributed by atoms with Crippen LogP contribution in [-0.4, -0.2) is 38.3 Å². The van der Waals surface area contributed by atoms with E-state index in [0.717, 1.165) is 23.1 Å². The van der Waals surface area contributed by atoms with Crippen LogP contribution < -0.4 is 10.6 Å². The Hall–Kier alpha value is -0.910. The third-order valence-electron chi connectivity index (χ3n) is 3.01. The summed E-state index contributed by atoms with van der Waals surface area (Å²) in [6, 6.07) is 5.63. The fourth-order valence-electron chi connectivity index (χ4n) is 1.91. The molecular weight excluding hydrogens is 296 g/mol. The molecule has 0 spiro atoms. The van der Waals surface area contributed by atoms with Crippen LogP contribution in [0, 0.1) is 6.92 Å². The zero-order chi connectivity index (χ0) is 13.0. The zero-order valence-electron chi connectivity index (χ0n) is 10.3. The van der Waals surface area contributed by atoms with Gasteiger partial charge < -0.3 is 15.4 Å². The number of amides is 1. The topological polar surface area (TPSA) is 50.4 Å². The molecule has 0 aromatic heterocycles. The minimum Gasteiger partial charge on any atom is -0.374 e. The quantitative estimate of drug-likeness (QED) is 0.889. The normalized spacial score (nSPS) is 19.6. The van der Waals surface area contributed by atoms with E-state index in [2.05, 4.69) is 26.6 Å². The van der Waals surface area contributed by atoms with Crippen LogP contribution in [0.1, 0.15) is 15.9 Å². The Morgan fingerprint density at radius 3 is 3.17 bits per heavy atom. The van der Waals surface area contributed by atoms with Gasteiger partial charge in [0, 0.05) is 29.7 Å². The van der Waals surface area contributed by atoms with E-state index in [1.165, 1.54) is 0 Å².